The highest BCUT2D eigenvalue weighted by atomic mass is 28.4. The minimum absolute atomic E-state index is 0.0115. The number of benzene rings is 2. The van der Waals surface area contributed by atoms with Gasteiger partial charge in [-0.1, -0.05) is 121 Å². The molecule has 0 unspecified atom stereocenters. The van der Waals surface area contributed by atoms with Crippen molar-refractivity contribution in [2.45, 2.75) is 144 Å². The van der Waals surface area contributed by atoms with Crippen molar-refractivity contribution in [1.82, 2.24) is 0 Å². The van der Waals surface area contributed by atoms with Crippen LogP contribution >= 0.6 is 0 Å². The van der Waals surface area contributed by atoms with Gasteiger partial charge in [-0.15, -0.1) is 0 Å². The van der Waals surface area contributed by atoms with E-state index in [0.29, 0.717) is 11.8 Å². The maximum absolute atomic E-state index is 6.99. The molecule has 0 bridgehead atoms. The standard InChI is InChI=1S/C38H62O2Si2/c1-27(2)37(11,12)41(15,16)39-33-23-21-31(35(5,6)7)25-29(33)19-20-30-26-32(36(8,9)10)22-24-34(30)40-42(17,18)38(13,14)28(3)4/h21-28H,1-18H3. The Hall–Kier alpha value is -1.97. The van der Waals surface area contributed by atoms with Crippen LogP contribution in [-0.2, 0) is 10.8 Å². The zero-order valence-electron chi connectivity index (χ0n) is 30.4. The van der Waals surface area contributed by atoms with Crippen molar-refractivity contribution < 1.29 is 8.85 Å². The summed E-state index contributed by atoms with van der Waals surface area (Å²) in [6.45, 7) is 41.5. The van der Waals surface area contributed by atoms with E-state index < -0.39 is 16.6 Å². The third-order valence-corrected chi connectivity index (χ3v) is 19.6. The Morgan fingerprint density at radius 2 is 0.810 bits per heavy atom. The smallest absolute Gasteiger partial charge is 0.251 e. The van der Waals surface area contributed by atoms with Crippen molar-refractivity contribution in [2.24, 2.45) is 11.8 Å². The summed E-state index contributed by atoms with van der Waals surface area (Å²) in [5.74, 6) is 10.0. The van der Waals surface area contributed by atoms with Gasteiger partial charge in [0, 0.05) is 0 Å². The minimum atomic E-state index is -2.13. The number of hydrogen-bond acceptors (Lipinski definition) is 2. The van der Waals surface area contributed by atoms with Crippen LogP contribution < -0.4 is 8.85 Å². The molecule has 0 fully saturated rings. The molecule has 0 heterocycles. The van der Waals surface area contributed by atoms with Gasteiger partial charge in [-0.25, -0.2) is 0 Å². The predicted octanol–water partition coefficient (Wildman–Crippen LogP) is 11.7. The zero-order valence-corrected chi connectivity index (χ0v) is 32.4. The van der Waals surface area contributed by atoms with Gasteiger partial charge in [-0.3, -0.25) is 0 Å². The van der Waals surface area contributed by atoms with Gasteiger partial charge in [0.25, 0.3) is 16.6 Å². The van der Waals surface area contributed by atoms with E-state index >= 15 is 0 Å². The highest BCUT2D eigenvalue weighted by molar-refractivity contribution is 6.75. The van der Waals surface area contributed by atoms with Crippen LogP contribution in [0.5, 0.6) is 11.5 Å². The summed E-state index contributed by atoms with van der Waals surface area (Å²) in [6, 6.07) is 13.2. The second-order valence-corrected chi connectivity index (χ2v) is 26.2. The normalized spacial score (nSPS) is 13.7. The van der Waals surface area contributed by atoms with Gasteiger partial charge in [-0.05, 0) is 94.3 Å². The summed E-state index contributed by atoms with van der Waals surface area (Å²) < 4.78 is 14.0. The van der Waals surface area contributed by atoms with E-state index in [1.807, 2.05) is 0 Å². The van der Waals surface area contributed by atoms with Crippen molar-refractivity contribution in [2.75, 3.05) is 0 Å². The first-order valence-corrected chi connectivity index (χ1v) is 21.7. The molecule has 0 aliphatic rings. The number of rotatable bonds is 8. The van der Waals surface area contributed by atoms with E-state index in [1.165, 1.54) is 11.1 Å². The van der Waals surface area contributed by atoms with Crippen LogP contribution in [0.25, 0.3) is 0 Å². The van der Waals surface area contributed by atoms with Crippen LogP contribution in [0.4, 0.5) is 0 Å². The first-order valence-electron chi connectivity index (χ1n) is 15.9. The van der Waals surface area contributed by atoms with Crippen LogP contribution in [0, 0.1) is 23.7 Å². The highest BCUT2D eigenvalue weighted by Gasteiger charge is 2.46. The highest BCUT2D eigenvalue weighted by Crippen LogP contribution is 2.47. The molecule has 0 aliphatic heterocycles. The SMILES string of the molecule is CC(C)C(C)(C)[Si](C)(C)Oc1ccc(C(C)(C)C)cc1C#Cc1cc(C(C)(C)C)ccc1O[Si](C)(C)C(C)(C)C(C)C. The molecule has 0 saturated heterocycles. The lowest BCUT2D eigenvalue weighted by molar-refractivity contribution is 0.393. The van der Waals surface area contributed by atoms with Gasteiger partial charge < -0.3 is 8.85 Å². The largest absolute Gasteiger partial charge is 0.543 e. The summed E-state index contributed by atoms with van der Waals surface area (Å²) in [5.41, 5.74) is 4.44. The summed E-state index contributed by atoms with van der Waals surface area (Å²) in [7, 11) is -4.27. The Balaban J connectivity index is 2.78. The fourth-order valence-electron chi connectivity index (χ4n) is 4.70. The average Bonchev–Trinajstić information content (AvgIpc) is 2.81. The molecule has 2 nitrogen and oxygen atoms in total. The third kappa shape index (κ3) is 7.94. The zero-order chi connectivity index (χ0) is 32.7. The fourth-order valence-corrected chi connectivity index (χ4v) is 9.47. The second-order valence-electron chi connectivity index (χ2n) is 17.1. The lowest BCUT2D eigenvalue weighted by Crippen LogP contribution is -2.48. The summed E-state index contributed by atoms with van der Waals surface area (Å²) in [4.78, 5) is 0. The summed E-state index contributed by atoms with van der Waals surface area (Å²) >= 11 is 0. The van der Waals surface area contributed by atoms with Crippen LogP contribution in [-0.4, -0.2) is 16.6 Å². The van der Waals surface area contributed by atoms with E-state index in [0.717, 1.165) is 22.6 Å². The molecule has 2 aromatic rings. The van der Waals surface area contributed by atoms with Crippen molar-refractivity contribution in [3.63, 3.8) is 0 Å². The van der Waals surface area contributed by atoms with Gasteiger partial charge in [-0.2, -0.15) is 0 Å². The maximum Gasteiger partial charge on any atom is 0.251 e. The van der Waals surface area contributed by atoms with E-state index in [2.05, 4.69) is 171 Å². The summed E-state index contributed by atoms with van der Waals surface area (Å²) in [6.07, 6.45) is 0. The molecular weight excluding hydrogens is 545 g/mol. The Morgan fingerprint density at radius 1 is 0.524 bits per heavy atom. The van der Waals surface area contributed by atoms with Crippen LogP contribution in [0.2, 0.25) is 36.3 Å². The fraction of sp³-hybridized carbons (Fsp3) is 0.632. The Kier molecular flexibility index (Phi) is 10.5. The molecule has 4 heteroatoms. The first-order chi connectivity index (χ1) is 18.7. The quantitative estimate of drug-likeness (QED) is 0.220. The molecule has 0 aliphatic carbocycles. The average molecular weight is 607 g/mol. The molecule has 0 N–H and O–H groups in total. The molecule has 0 radical (unpaired) electrons. The molecule has 42 heavy (non-hydrogen) atoms. The molecule has 234 valence electrons. The molecule has 0 aromatic heterocycles. The van der Waals surface area contributed by atoms with Crippen molar-refractivity contribution >= 4 is 16.6 Å². The third-order valence-electron chi connectivity index (χ3n) is 10.7. The van der Waals surface area contributed by atoms with E-state index in [1.54, 1.807) is 0 Å². The lowest BCUT2D eigenvalue weighted by Gasteiger charge is -2.42. The minimum Gasteiger partial charge on any atom is -0.543 e. The second kappa shape index (κ2) is 12.2. The number of hydrogen-bond donors (Lipinski definition) is 0. The maximum atomic E-state index is 6.99. The molecular formula is C38H62O2Si2. The Labute approximate surface area is 262 Å². The van der Waals surface area contributed by atoms with Crippen LogP contribution in [0.1, 0.15) is 119 Å². The topological polar surface area (TPSA) is 18.5 Å². The van der Waals surface area contributed by atoms with Gasteiger partial charge in [0.15, 0.2) is 0 Å². The van der Waals surface area contributed by atoms with Gasteiger partial charge in [0.2, 0.25) is 0 Å². The van der Waals surface area contributed by atoms with Gasteiger partial charge in [0.1, 0.15) is 11.5 Å². The molecule has 2 rings (SSSR count). The molecule has 0 saturated carbocycles. The molecule has 2 aromatic carbocycles. The van der Waals surface area contributed by atoms with Crippen LogP contribution in [0.3, 0.4) is 0 Å². The van der Waals surface area contributed by atoms with Gasteiger partial charge in [0.05, 0.1) is 11.1 Å². The van der Waals surface area contributed by atoms with E-state index in [-0.39, 0.29) is 20.9 Å². The molecule has 0 atom stereocenters. The molecule has 0 amide bonds. The van der Waals surface area contributed by atoms with Crippen molar-refractivity contribution in [3.05, 3.63) is 58.7 Å². The lowest BCUT2D eigenvalue weighted by atomic mass is 9.85. The van der Waals surface area contributed by atoms with Crippen LogP contribution in [0.15, 0.2) is 36.4 Å². The van der Waals surface area contributed by atoms with E-state index in [9.17, 15) is 0 Å². The van der Waals surface area contributed by atoms with Gasteiger partial charge >= 0.3 is 0 Å². The van der Waals surface area contributed by atoms with Crippen molar-refractivity contribution in [3.8, 4) is 23.3 Å². The summed E-state index contributed by atoms with van der Waals surface area (Å²) in [5, 5.41) is 0.198. The van der Waals surface area contributed by atoms with Crippen molar-refractivity contribution in [1.29, 1.82) is 0 Å². The predicted molar refractivity (Wildman–Crippen MR) is 190 cm³/mol. The Bertz CT molecular complexity index is 1200. The van der Waals surface area contributed by atoms with E-state index in [4.69, 9.17) is 8.85 Å². The first kappa shape index (κ1) is 36.2. The monoisotopic (exact) mass is 606 g/mol. The molecule has 0 spiro atoms. The Morgan fingerprint density at radius 3 is 1.05 bits per heavy atom.